The molecule has 0 spiro atoms. The van der Waals surface area contributed by atoms with Crippen LogP contribution in [0.4, 0.5) is 5.69 Å². The molecule has 0 saturated heterocycles. The third-order valence-electron chi connectivity index (χ3n) is 5.96. The van der Waals surface area contributed by atoms with Gasteiger partial charge in [0.15, 0.2) is 0 Å². The van der Waals surface area contributed by atoms with Gasteiger partial charge in [-0.05, 0) is 49.5 Å². The van der Waals surface area contributed by atoms with Gasteiger partial charge in [0, 0.05) is 66.5 Å². The number of rotatable bonds is 10. The molecule has 1 amide bonds. The zero-order valence-electron chi connectivity index (χ0n) is 22.1. The summed E-state index contributed by atoms with van der Waals surface area (Å²) in [5, 5.41) is 0.733. The molecule has 12 heteroatoms. The number of benzene rings is 1. The fourth-order valence-electron chi connectivity index (χ4n) is 3.98. The maximum absolute atomic E-state index is 12.7. The number of hydrogen-bond donors (Lipinski definition) is 2. The quantitative estimate of drug-likeness (QED) is 0.222. The van der Waals surface area contributed by atoms with Gasteiger partial charge in [-0.15, -0.1) is 0 Å². The molecular formula is C27H30N5O6P. The maximum Gasteiger partial charge on any atom is 0.471 e. The number of methoxy groups -OCH3 is 1. The number of pyridine rings is 2. The van der Waals surface area contributed by atoms with Crippen molar-refractivity contribution < 1.29 is 28.4 Å². The van der Waals surface area contributed by atoms with Crippen LogP contribution in [0.3, 0.4) is 0 Å². The number of carbonyl (C=O) groups excluding carboxylic acids is 1. The average Bonchev–Trinajstić information content (AvgIpc) is 3.29. The molecule has 204 valence electrons. The largest absolute Gasteiger partial charge is 0.481 e. The van der Waals surface area contributed by atoms with E-state index in [2.05, 4.69) is 9.97 Å². The van der Waals surface area contributed by atoms with E-state index < -0.39 is 7.82 Å². The molecule has 0 unspecified atom stereocenters. The van der Waals surface area contributed by atoms with E-state index in [1.165, 1.54) is 11.7 Å². The first-order valence-corrected chi connectivity index (χ1v) is 13.5. The monoisotopic (exact) mass is 551 g/mol. The fourth-order valence-corrected chi connectivity index (χ4v) is 4.26. The highest BCUT2D eigenvalue weighted by atomic mass is 31.2. The molecule has 0 aliphatic heterocycles. The zero-order valence-corrected chi connectivity index (χ0v) is 22.9. The van der Waals surface area contributed by atoms with Crippen molar-refractivity contribution in [1.29, 1.82) is 0 Å². The lowest BCUT2D eigenvalue weighted by Crippen LogP contribution is -2.24. The van der Waals surface area contributed by atoms with Crippen LogP contribution in [-0.4, -0.2) is 69.9 Å². The number of hydrogen-bond acceptors (Lipinski definition) is 7. The Balaban J connectivity index is 1.74. The number of phosphoric ester groups is 1. The van der Waals surface area contributed by atoms with Gasteiger partial charge >= 0.3 is 7.82 Å². The molecule has 11 nitrogen and oxygen atoms in total. The summed E-state index contributed by atoms with van der Waals surface area (Å²) in [7, 11) is 2.42. The number of ether oxygens (including phenoxy) is 1. The van der Waals surface area contributed by atoms with Gasteiger partial charge < -0.3 is 28.9 Å². The number of fused-ring (bicyclic) bond motifs is 1. The lowest BCUT2D eigenvalue weighted by Gasteiger charge is -2.17. The Morgan fingerprint density at radius 3 is 2.59 bits per heavy atom. The van der Waals surface area contributed by atoms with Gasteiger partial charge in [-0.25, -0.2) is 14.5 Å². The van der Waals surface area contributed by atoms with Gasteiger partial charge in [0.1, 0.15) is 12.4 Å². The summed E-state index contributed by atoms with van der Waals surface area (Å²) in [6.45, 7) is 0.273. The van der Waals surface area contributed by atoms with Gasteiger partial charge in [-0.1, -0.05) is 18.2 Å². The zero-order chi connectivity index (χ0) is 28.2. The number of amides is 1. The highest BCUT2D eigenvalue weighted by Crippen LogP contribution is 2.38. The van der Waals surface area contributed by atoms with Crippen molar-refractivity contribution in [2.75, 3.05) is 39.7 Å². The van der Waals surface area contributed by atoms with Gasteiger partial charge in [-0.2, -0.15) is 0 Å². The summed E-state index contributed by atoms with van der Waals surface area (Å²) in [4.78, 5) is 43.4. The van der Waals surface area contributed by atoms with Crippen molar-refractivity contribution in [3.63, 3.8) is 0 Å². The molecule has 0 radical (unpaired) electrons. The Morgan fingerprint density at radius 1 is 1.08 bits per heavy atom. The van der Waals surface area contributed by atoms with E-state index in [-0.39, 0.29) is 12.6 Å². The number of anilines is 1. The molecule has 3 heterocycles. The van der Waals surface area contributed by atoms with Gasteiger partial charge in [0.05, 0.1) is 7.11 Å². The normalized spacial score (nSPS) is 12.0. The van der Waals surface area contributed by atoms with Crippen molar-refractivity contribution in [3.05, 3.63) is 73.2 Å². The minimum absolute atomic E-state index is 0.140. The van der Waals surface area contributed by atoms with E-state index in [0.29, 0.717) is 18.1 Å². The molecule has 0 aliphatic rings. The van der Waals surface area contributed by atoms with Crippen LogP contribution in [-0.2, 0) is 20.6 Å². The molecule has 39 heavy (non-hydrogen) atoms. The van der Waals surface area contributed by atoms with Gasteiger partial charge in [0.2, 0.25) is 11.8 Å². The summed E-state index contributed by atoms with van der Waals surface area (Å²) in [5.41, 5.74) is 4.38. The summed E-state index contributed by atoms with van der Waals surface area (Å²) in [6, 6.07) is 13.1. The molecule has 0 bridgehead atoms. The van der Waals surface area contributed by atoms with E-state index in [1.54, 1.807) is 42.7 Å². The summed E-state index contributed by atoms with van der Waals surface area (Å²) >= 11 is 0. The van der Waals surface area contributed by atoms with E-state index in [0.717, 1.165) is 33.3 Å². The van der Waals surface area contributed by atoms with Crippen LogP contribution in [0.25, 0.3) is 33.3 Å². The second-order valence-electron chi connectivity index (χ2n) is 9.06. The van der Waals surface area contributed by atoms with Crippen LogP contribution < -0.4 is 9.64 Å². The maximum atomic E-state index is 12.7. The Morgan fingerprint density at radius 2 is 1.87 bits per heavy atom. The minimum Gasteiger partial charge on any atom is -0.481 e. The first-order valence-electron chi connectivity index (χ1n) is 11.9. The SMILES string of the molecule is COc1cc(-c2cn(COP(=O)(O)O)c3ncc(-c4cccc(N(C)C(=O)/C=C/CN(C)C)c4)cc23)ccn1. The molecule has 0 saturated carbocycles. The molecule has 2 N–H and O–H groups in total. The third-order valence-corrected chi connectivity index (χ3v) is 6.41. The van der Waals surface area contributed by atoms with Crippen molar-refractivity contribution >= 4 is 30.5 Å². The number of nitrogens with zero attached hydrogens (tertiary/aromatic N) is 5. The first kappa shape index (κ1) is 28.2. The Bertz CT molecular complexity index is 1560. The molecule has 0 atom stereocenters. The highest BCUT2D eigenvalue weighted by Gasteiger charge is 2.18. The Labute approximate surface area is 226 Å². The van der Waals surface area contributed by atoms with E-state index >= 15 is 0 Å². The Kier molecular flexibility index (Phi) is 8.59. The van der Waals surface area contributed by atoms with Crippen LogP contribution in [0.15, 0.2) is 73.2 Å². The molecule has 4 aromatic rings. The predicted molar refractivity (Wildman–Crippen MR) is 149 cm³/mol. The number of likely N-dealkylation sites (N-methyl/N-ethyl adjacent to an activating group) is 2. The third kappa shape index (κ3) is 6.97. The standard InChI is InChI=1S/C27H30N5O6P/c1-30(2)12-6-9-26(33)31(3)22-8-5-7-19(13-22)21-14-23-24(20-10-11-28-25(15-20)37-4)17-32(27(23)29-16-21)18-38-39(34,35)36/h5-11,13-17H,12,18H2,1-4H3,(H2,34,35,36)/b9-6+. The van der Waals surface area contributed by atoms with Gasteiger partial charge in [-0.3, -0.25) is 9.32 Å². The van der Waals surface area contributed by atoms with Crippen LogP contribution in [0.5, 0.6) is 5.88 Å². The van der Waals surface area contributed by atoms with E-state index in [1.807, 2.05) is 61.5 Å². The second kappa shape index (κ2) is 11.9. The van der Waals surface area contributed by atoms with Gasteiger partial charge in [0.25, 0.3) is 0 Å². The molecule has 3 aromatic heterocycles. The Hall–Kier alpha value is -3.86. The smallest absolute Gasteiger partial charge is 0.471 e. The molecule has 1 aromatic carbocycles. The van der Waals surface area contributed by atoms with Crippen molar-refractivity contribution in [2.24, 2.45) is 0 Å². The van der Waals surface area contributed by atoms with Crippen LogP contribution in [0.2, 0.25) is 0 Å². The van der Waals surface area contributed by atoms with Crippen LogP contribution in [0.1, 0.15) is 0 Å². The molecule has 0 fully saturated rings. The minimum atomic E-state index is -4.70. The topological polar surface area (TPSA) is 130 Å². The van der Waals surface area contributed by atoms with Crippen molar-refractivity contribution in [2.45, 2.75) is 6.73 Å². The highest BCUT2D eigenvalue weighted by molar-refractivity contribution is 7.46. The lowest BCUT2D eigenvalue weighted by molar-refractivity contribution is -0.113. The number of carbonyl (C=O) groups is 1. The lowest BCUT2D eigenvalue weighted by atomic mass is 10.0. The predicted octanol–water partition coefficient (Wildman–Crippen LogP) is 3.92. The van der Waals surface area contributed by atoms with E-state index in [4.69, 9.17) is 9.26 Å². The second-order valence-corrected chi connectivity index (χ2v) is 10.3. The van der Waals surface area contributed by atoms with Crippen LogP contribution >= 0.6 is 7.82 Å². The van der Waals surface area contributed by atoms with Crippen LogP contribution in [0, 0.1) is 0 Å². The first-order chi connectivity index (χ1) is 18.6. The number of phosphoric acid groups is 1. The summed E-state index contributed by atoms with van der Waals surface area (Å²) < 4.78 is 22.9. The van der Waals surface area contributed by atoms with Crippen molar-refractivity contribution in [1.82, 2.24) is 19.4 Å². The van der Waals surface area contributed by atoms with Crippen molar-refractivity contribution in [3.8, 4) is 28.1 Å². The summed E-state index contributed by atoms with van der Waals surface area (Å²) in [6.07, 6.45) is 8.37. The number of aromatic nitrogens is 3. The molecule has 4 rings (SSSR count). The molecular weight excluding hydrogens is 521 g/mol. The average molecular weight is 552 g/mol. The molecule has 0 aliphatic carbocycles. The fraction of sp³-hybridized carbons (Fsp3) is 0.222. The summed E-state index contributed by atoms with van der Waals surface area (Å²) in [5.74, 6) is 0.280. The van der Waals surface area contributed by atoms with E-state index in [9.17, 15) is 19.1 Å².